The van der Waals surface area contributed by atoms with Gasteiger partial charge in [-0.1, -0.05) is 66.3 Å². The summed E-state index contributed by atoms with van der Waals surface area (Å²) in [5, 5.41) is 51.5. The maximum Gasteiger partial charge on any atom is 0.164 e. The molecule has 0 amide bonds. The summed E-state index contributed by atoms with van der Waals surface area (Å²) in [4.78, 5) is 0. The van der Waals surface area contributed by atoms with E-state index in [4.69, 9.17) is 17.0 Å². The van der Waals surface area contributed by atoms with Crippen LogP contribution in [0.2, 0.25) is 0 Å². The molecule has 34 heavy (non-hydrogen) atoms. The highest BCUT2D eigenvalue weighted by Gasteiger charge is 2.46. The van der Waals surface area contributed by atoms with Gasteiger partial charge in [-0.2, -0.15) is 5.26 Å². The molecule has 2 heterocycles. The van der Waals surface area contributed by atoms with Gasteiger partial charge in [0.25, 0.3) is 0 Å². The highest BCUT2D eigenvalue weighted by Crippen LogP contribution is 2.46. The molecule has 0 bridgehead atoms. The van der Waals surface area contributed by atoms with E-state index in [0.29, 0.717) is 12.1 Å². The van der Waals surface area contributed by atoms with Gasteiger partial charge in [0.15, 0.2) is 6.23 Å². The zero-order chi connectivity index (χ0) is 24.1. The Kier molecular flexibility index (Phi) is 5.86. The van der Waals surface area contributed by atoms with Gasteiger partial charge in [0.05, 0.1) is 17.9 Å². The molecule has 0 radical (unpaired) electrons. The average Bonchev–Trinajstić information content (AvgIpc) is 3.22. The fourth-order valence-corrected chi connectivity index (χ4v) is 5.33. The normalized spacial score (nSPS) is 25.5. The van der Waals surface area contributed by atoms with Crippen LogP contribution in [0.25, 0.3) is 22.4 Å². The van der Waals surface area contributed by atoms with E-state index in [9.17, 15) is 25.7 Å². The van der Waals surface area contributed by atoms with E-state index in [0.717, 1.165) is 33.4 Å². The van der Waals surface area contributed by atoms with Gasteiger partial charge < -0.3 is 29.7 Å². The first-order valence-electron chi connectivity index (χ1n) is 11.0. The Morgan fingerprint density at radius 2 is 1.76 bits per heavy atom. The second-order valence-corrected chi connectivity index (χ2v) is 9.17. The molecule has 5 atom stereocenters. The average molecular weight is 477 g/mol. The van der Waals surface area contributed by atoms with E-state index in [1.165, 1.54) is 0 Å². The Morgan fingerprint density at radius 3 is 2.44 bits per heavy atom. The van der Waals surface area contributed by atoms with Gasteiger partial charge in [-0.05, 0) is 23.6 Å². The summed E-state index contributed by atoms with van der Waals surface area (Å²) in [6.07, 6.45) is -6.34. The Labute approximate surface area is 201 Å². The van der Waals surface area contributed by atoms with Crippen LogP contribution in [0.3, 0.4) is 0 Å². The summed E-state index contributed by atoms with van der Waals surface area (Å²) >= 11 is 5.79. The fourth-order valence-electron chi connectivity index (χ4n) is 4.98. The Balaban J connectivity index is 1.83. The van der Waals surface area contributed by atoms with Crippen LogP contribution in [0.1, 0.15) is 28.5 Å². The SMILES string of the molecule is Cc1ccc(-c2c3c(n([C@@H]4O[C@H](CO)[C@H](O)[C@H](O)[C@H]4O)c(=S)c2C#N)-c2ccccc2C3)cc1. The molecule has 1 fully saturated rings. The number of hydrogen-bond acceptors (Lipinski definition) is 7. The van der Waals surface area contributed by atoms with Crippen molar-refractivity contribution in [2.45, 2.75) is 44.0 Å². The molecule has 1 aliphatic carbocycles. The molecule has 2 aliphatic rings. The smallest absolute Gasteiger partial charge is 0.164 e. The number of ether oxygens (including phenoxy) is 1. The fraction of sp³-hybridized carbons (Fsp3) is 0.308. The number of aryl methyl sites for hydroxylation is 1. The monoisotopic (exact) mass is 476 g/mol. The highest BCUT2D eigenvalue weighted by atomic mass is 32.1. The van der Waals surface area contributed by atoms with Gasteiger partial charge in [0, 0.05) is 17.5 Å². The van der Waals surface area contributed by atoms with E-state index in [1.807, 2.05) is 55.5 Å². The van der Waals surface area contributed by atoms with E-state index >= 15 is 0 Å². The summed E-state index contributed by atoms with van der Waals surface area (Å²) in [6.45, 7) is 1.44. The number of rotatable bonds is 3. The molecule has 8 heteroatoms. The van der Waals surface area contributed by atoms with Gasteiger partial charge in [-0.15, -0.1) is 0 Å². The van der Waals surface area contributed by atoms with Crippen molar-refractivity contribution in [1.82, 2.24) is 4.57 Å². The first-order chi connectivity index (χ1) is 16.4. The summed E-state index contributed by atoms with van der Waals surface area (Å²) in [5.41, 5.74) is 6.44. The summed E-state index contributed by atoms with van der Waals surface area (Å²) in [5.74, 6) is 0. The van der Waals surface area contributed by atoms with Crippen molar-refractivity contribution < 1.29 is 25.2 Å². The molecule has 4 N–H and O–H groups in total. The maximum atomic E-state index is 10.9. The first-order valence-corrected chi connectivity index (χ1v) is 11.5. The Morgan fingerprint density at radius 1 is 1.06 bits per heavy atom. The molecule has 0 saturated carbocycles. The third-order valence-corrected chi connectivity index (χ3v) is 7.13. The Hall–Kier alpha value is -2.90. The number of hydrogen-bond donors (Lipinski definition) is 4. The third kappa shape index (κ3) is 3.41. The lowest BCUT2D eigenvalue weighted by molar-refractivity contribution is -0.251. The largest absolute Gasteiger partial charge is 0.394 e. The van der Waals surface area contributed by atoms with Gasteiger partial charge in [-0.25, -0.2) is 0 Å². The van der Waals surface area contributed by atoms with Crippen LogP contribution in [0.15, 0.2) is 48.5 Å². The lowest BCUT2D eigenvalue weighted by atomic mass is 9.92. The van der Waals surface area contributed by atoms with Crippen molar-refractivity contribution in [3.05, 3.63) is 75.4 Å². The highest BCUT2D eigenvalue weighted by molar-refractivity contribution is 7.71. The van der Waals surface area contributed by atoms with Crippen LogP contribution in [0.4, 0.5) is 0 Å². The lowest BCUT2D eigenvalue weighted by Crippen LogP contribution is -2.56. The first kappa shape index (κ1) is 22.9. The number of aromatic nitrogens is 1. The van der Waals surface area contributed by atoms with Crippen molar-refractivity contribution in [2.24, 2.45) is 0 Å². The molecular weight excluding hydrogens is 452 g/mol. The molecule has 2 aromatic carbocycles. The second kappa shape index (κ2) is 8.71. The lowest BCUT2D eigenvalue weighted by Gasteiger charge is -2.41. The molecule has 3 aromatic rings. The third-order valence-electron chi connectivity index (χ3n) is 6.72. The van der Waals surface area contributed by atoms with E-state index in [-0.39, 0.29) is 10.2 Å². The van der Waals surface area contributed by atoms with E-state index in [2.05, 4.69) is 6.07 Å². The molecule has 1 aromatic heterocycles. The standard InChI is InChI=1S/C26H24N2O5S/c1-13-6-8-14(9-7-13)20-17-10-15-4-2-3-5-16(15)21(17)28(26(34)18(20)11-27)25-24(32)23(31)22(30)19(12-29)33-25/h2-9,19,22-25,29-32H,10,12H2,1H3/t19-,22+,23+,24-,25-/m1/s1. The number of pyridine rings is 1. The van der Waals surface area contributed by atoms with Crippen molar-refractivity contribution >= 4 is 12.2 Å². The topological polar surface area (TPSA) is 119 Å². The quantitative estimate of drug-likeness (QED) is 0.336. The molecular formula is C26H24N2O5S. The predicted octanol–water partition coefficient (Wildman–Crippen LogP) is 2.61. The molecule has 5 rings (SSSR count). The van der Waals surface area contributed by atoms with Gasteiger partial charge in [-0.3, -0.25) is 0 Å². The van der Waals surface area contributed by atoms with Crippen molar-refractivity contribution in [1.29, 1.82) is 5.26 Å². The maximum absolute atomic E-state index is 10.9. The van der Waals surface area contributed by atoms with Crippen LogP contribution < -0.4 is 0 Å². The number of benzene rings is 2. The van der Waals surface area contributed by atoms with Crippen LogP contribution in [0.5, 0.6) is 0 Å². The molecule has 1 aliphatic heterocycles. The minimum atomic E-state index is -1.56. The number of aliphatic hydroxyl groups is 4. The number of aliphatic hydroxyl groups excluding tert-OH is 4. The van der Waals surface area contributed by atoms with Crippen LogP contribution in [-0.4, -0.2) is 56.0 Å². The minimum absolute atomic E-state index is 0.151. The second-order valence-electron chi connectivity index (χ2n) is 8.78. The molecule has 174 valence electrons. The van der Waals surface area contributed by atoms with Gasteiger partial charge >= 0.3 is 0 Å². The number of nitrogens with zero attached hydrogens (tertiary/aromatic N) is 2. The molecule has 7 nitrogen and oxygen atoms in total. The van der Waals surface area contributed by atoms with Crippen LogP contribution in [-0.2, 0) is 11.2 Å². The molecule has 0 spiro atoms. The molecule has 1 saturated heterocycles. The molecule has 0 unspecified atom stereocenters. The van der Waals surface area contributed by atoms with Crippen molar-refractivity contribution in [2.75, 3.05) is 6.61 Å². The minimum Gasteiger partial charge on any atom is -0.394 e. The summed E-state index contributed by atoms with van der Waals surface area (Å²) in [7, 11) is 0. The van der Waals surface area contributed by atoms with Gasteiger partial charge in [0.1, 0.15) is 35.1 Å². The zero-order valence-corrected chi connectivity index (χ0v) is 19.2. The van der Waals surface area contributed by atoms with Crippen LogP contribution in [0, 0.1) is 22.9 Å². The van der Waals surface area contributed by atoms with Crippen molar-refractivity contribution in [3.8, 4) is 28.5 Å². The van der Waals surface area contributed by atoms with E-state index < -0.39 is 37.3 Å². The number of nitriles is 1. The van der Waals surface area contributed by atoms with Crippen molar-refractivity contribution in [3.63, 3.8) is 0 Å². The van der Waals surface area contributed by atoms with Gasteiger partial charge in [0.2, 0.25) is 0 Å². The van der Waals surface area contributed by atoms with E-state index in [1.54, 1.807) is 4.57 Å². The summed E-state index contributed by atoms with van der Waals surface area (Å²) in [6, 6.07) is 17.9. The predicted molar refractivity (Wildman–Crippen MR) is 127 cm³/mol. The zero-order valence-electron chi connectivity index (χ0n) is 18.4. The van der Waals surface area contributed by atoms with Crippen LogP contribution >= 0.6 is 12.2 Å². The number of fused-ring (bicyclic) bond motifs is 3. The summed E-state index contributed by atoms with van der Waals surface area (Å²) < 4.78 is 7.59. The Bertz CT molecular complexity index is 1360.